The summed E-state index contributed by atoms with van der Waals surface area (Å²) in [5.74, 6) is 1.63. The first-order valence-corrected chi connectivity index (χ1v) is 14.5. The van der Waals surface area contributed by atoms with Crippen LogP contribution >= 0.6 is 23.1 Å². The van der Waals surface area contributed by atoms with Crippen molar-refractivity contribution in [3.05, 3.63) is 56.7 Å². The molecule has 3 aromatic rings. The number of aryl methyl sites for hydroxylation is 2. The van der Waals surface area contributed by atoms with E-state index in [2.05, 4.69) is 55.7 Å². The summed E-state index contributed by atoms with van der Waals surface area (Å²) in [5, 5.41) is 1.89. The molecule has 0 radical (unpaired) electrons. The molecule has 2 aromatic heterocycles. The molecule has 0 saturated heterocycles. The zero-order valence-corrected chi connectivity index (χ0v) is 21.9. The molecule has 5 rings (SSSR count). The molecule has 0 bridgehead atoms. The summed E-state index contributed by atoms with van der Waals surface area (Å²) in [6.07, 6.45) is 10.3. The van der Waals surface area contributed by atoms with Crippen molar-refractivity contribution < 1.29 is 0 Å². The lowest BCUT2D eigenvalue weighted by Gasteiger charge is -2.33. The molecule has 0 amide bonds. The molecule has 1 saturated carbocycles. The van der Waals surface area contributed by atoms with Crippen molar-refractivity contribution in [3.8, 4) is 0 Å². The van der Waals surface area contributed by atoms with Gasteiger partial charge in [0.25, 0.3) is 5.56 Å². The maximum absolute atomic E-state index is 14.0. The van der Waals surface area contributed by atoms with Crippen LogP contribution in [0.25, 0.3) is 10.2 Å². The molecule has 2 aliphatic carbocycles. The first kappa shape index (κ1) is 23.2. The molecule has 1 atom stereocenters. The fraction of sp³-hybridized carbons (Fsp3) is 0.571. The first-order valence-electron chi connectivity index (χ1n) is 12.7. The Morgan fingerprint density at radius 2 is 1.85 bits per heavy atom. The second-order valence-corrected chi connectivity index (χ2v) is 13.1. The van der Waals surface area contributed by atoms with Crippen LogP contribution < -0.4 is 5.56 Å². The van der Waals surface area contributed by atoms with E-state index in [1.807, 2.05) is 0 Å². The van der Waals surface area contributed by atoms with Crippen molar-refractivity contribution in [2.24, 2.45) is 11.3 Å². The van der Waals surface area contributed by atoms with Gasteiger partial charge >= 0.3 is 0 Å². The molecule has 0 spiro atoms. The summed E-state index contributed by atoms with van der Waals surface area (Å²) in [6, 6.07) is 10.9. The van der Waals surface area contributed by atoms with Crippen LogP contribution in [0, 0.1) is 11.3 Å². The third kappa shape index (κ3) is 4.81. The number of benzene rings is 1. The van der Waals surface area contributed by atoms with Crippen LogP contribution in [0.5, 0.6) is 0 Å². The van der Waals surface area contributed by atoms with Gasteiger partial charge in [-0.2, -0.15) is 0 Å². The molecule has 2 aliphatic rings. The highest BCUT2D eigenvalue weighted by Crippen LogP contribution is 2.43. The molecule has 1 fully saturated rings. The quantitative estimate of drug-likeness (QED) is 0.281. The van der Waals surface area contributed by atoms with Crippen molar-refractivity contribution in [1.82, 2.24) is 9.55 Å². The van der Waals surface area contributed by atoms with E-state index in [1.54, 1.807) is 23.1 Å². The van der Waals surface area contributed by atoms with E-state index >= 15 is 0 Å². The first-order chi connectivity index (χ1) is 15.9. The Bertz CT molecular complexity index is 1170. The molecule has 33 heavy (non-hydrogen) atoms. The summed E-state index contributed by atoms with van der Waals surface area (Å²) in [5.41, 5.74) is 3.21. The fourth-order valence-electron chi connectivity index (χ4n) is 5.63. The van der Waals surface area contributed by atoms with E-state index in [0.717, 1.165) is 53.2 Å². The molecule has 3 nitrogen and oxygen atoms in total. The van der Waals surface area contributed by atoms with Crippen LogP contribution in [-0.4, -0.2) is 15.3 Å². The molecule has 0 N–H and O–H groups in total. The summed E-state index contributed by atoms with van der Waals surface area (Å²) in [4.78, 5) is 21.6. The van der Waals surface area contributed by atoms with Crippen molar-refractivity contribution >= 4 is 33.3 Å². The van der Waals surface area contributed by atoms with E-state index in [0.29, 0.717) is 17.4 Å². The SMILES string of the molecule is CC(C)(C)C1CCc2c(sc3nc(SCCc4ccccc4)n(C4CCCCC4)c(=O)c23)C1. The number of hydrogen-bond donors (Lipinski definition) is 0. The minimum atomic E-state index is 0.237. The van der Waals surface area contributed by atoms with E-state index in [-0.39, 0.29) is 5.56 Å². The molecule has 176 valence electrons. The smallest absolute Gasteiger partial charge is 0.263 e. The van der Waals surface area contributed by atoms with Crippen molar-refractivity contribution in [3.63, 3.8) is 0 Å². The Hall–Kier alpha value is -1.59. The Balaban J connectivity index is 1.51. The van der Waals surface area contributed by atoms with Gasteiger partial charge in [0.15, 0.2) is 5.16 Å². The third-order valence-electron chi connectivity index (χ3n) is 7.71. The lowest BCUT2D eigenvalue weighted by Crippen LogP contribution is -2.30. The number of hydrogen-bond acceptors (Lipinski definition) is 4. The normalized spacial score (nSPS) is 19.7. The third-order valence-corrected chi connectivity index (χ3v) is 9.81. The average Bonchev–Trinajstić information content (AvgIpc) is 3.18. The minimum absolute atomic E-state index is 0.237. The molecule has 1 aromatic carbocycles. The van der Waals surface area contributed by atoms with Crippen LogP contribution in [0.15, 0.2) is 40.3 Å². The summed E-state index contributed by atoms with van der Waals surface area (Å²) < 4.78 is 2.11. The summed E-state index contributed by atoms with van der Waals surface area (Å²) in [7, 11) is 0. The average molecular weight is 481 g/mol. The number of aromatic nitrogens is 2. The van der Waals surface area contributed by atoms with E-state index in [4.69, 9.17) is 4.98 Å². The Kier molecular flexibility index (Phi) is 6.72. The lowest BCUT2D eigenvalue weighted by molar-refractivity contribution is 0.218. The Labute approximate surface area is 206 Å². The van der Waals surface area contributed by atoms with Gasteiger partial charge < -0.3 is 0 Å². The van der Waals surface area contributed by atoms with Gasteiger partial charge in [-0.3, -0.25) is 9.36 Å². The van der Waals surface area contributed by atoms with Crippen LogP contribution in [0.4, 0.5) is 0 Å². The van der Waals surface area contributed by atoms with Crippen LogP contribution in [0.1, 0.15) is 81.3 Å². The van der Waals surface area contributed by atoms with Crippen molar-refractivity contribution in [1.29, 1.82) is 0 Å². The Morgan fingerprint density at radius 3 is 2.58 bits per heavy atom. The van der Waals surface area contributed by atoms with Gasteiger partial charge in [0.05, 0.1) is 5.39 Å². The monoisotopic (exact) mass is 480 g/mol. The second kappa shape index (κ2) is 9.58. The molecule has 0 aliphatic heterocycles. The zero-order valence-electron chi connectivity index (χ0n) is 20.2. The van der Waals surface area contributed by atoms with Gasteiger partial charge in [0.2, 0.25) is 0 Å². The van der Waals surface area contributed by atoms with Gasteiger partial charge in [0, 0.05) is 16.7 Å². The standard InChI is InChI=1S/C28H36N2OS2/c1-28(2,3)20-14-15-22-23(18-20)33-25-24(22)26(31)30(21-12-8-5-9-13-21)27(29-25)32-17-16-19-10-6-4-7-11-19/h4,6-7,10-11,20-21H,5,8-9,12-18H2,1-3H3. The molecule has 2 heterocycles. The highest BCUT2D eigenvalue weighted by Gasteiger charge is 2.33. The maximum Gasteiger partial charge on any atom is 0.263 e. The predicted molar refractivity (Wildman–Crippen MR) is 142 cm³/mol. The highest BCUT2D eigenvalue weighted by atomic mass is 32.2. The van der Waals surface area contributed by atoms with Gasteiger partial charge in [-0.15, -0.1) is 11.3 Å². The number of thioether (sulfide) groups is 1. The molecular weight excluding hydrogens is 444 g/mol. The van der Waals surface area contributed by atoms with Crippen molar-refractivity contribution in [2.45, 2.75) is 89.8 Å². The second-order valence-electron chi connectivity index (χ2n) is 10.9. The molecular formula is C28H36N2OS2. The van der Waals surface area contributed by atoms with Gasteiger partial charge in [-0.25, -0.2) is 4.98 Å². The zero-order chi connectivity index (χ0) is 23.0. The van der Waals surface area contributed by atoms with E-state index < -0.39 is 0 Å². The largest absolute Gasteiger partial charge is 0.284 e. The number of nitrogens with zero attached hydrogens (tertiary/aromatic N) is 2. The van der Waals surface area contributed by atoms with Gasteiger partial charge in [0.1, 0.15) is 4.83 Å². The van der Waals surface area contributed by atoms with Gasteiger partial charge in [-0.1, -0.05) is 82.1 Å². The van der Waals surface area contributed by atoms with Crippen LogP contribution in [-0.2, 0) is 19.3 Å². The van der Waals surface area contributed by atoms with E-state index in [1.165, 1.54) is 41.7 Å². The number of fused-ring (bicyclic) bond motifs is 3. The van der Waals surface area contributed by atoms with E-state index in [9.17, 15) is 4.79 Å². The van der Waals surface area contributed by atoms with Crippen molar-refractivity contribution in [2.75, 3.05) is 5.75 Å². The summed E-state index contributed by atoms with van der Waals surface area (Å²) >= 11 is 3.57. The predicted octanol–water partition coefficient (Wildman–Crippen LogP) is 7.45. The maximum atomic E-state index is 14.0. The topological polar surface area (TPSA) is 34.9 Å². The minimum Gasteiger partial charge on any atom is -0.284 e. The van der Waals surface area contributed by atoms with Crippen LogP contribution in [0.3, 0.4) is 0 Å². The molecule has 5 heteroatoms. The fourth-order valence-corrected chi connectivity index (χ4v) is 8.02. The summed E-state index contributed by atoms with van der Waals surface area (Å²) in [6.45, 7) is 7.06. The van der Waals surface area contributed by atoms with Crippen LogP contribution in [0.2, 0.25) is 0 Å². The van der Waals surface area contributed by atoms with Gasteiger partial charge in [-0.05, 0) is 61.0 Å². The number of thiophene rings is 1. The highest BCUT2D eigenvalue weighted by molar-refractivity contribution is 7.99. The molecule has 1 unspecified atom stereocenters. The lowest BCUT2D eigenvalue weighted by atomic mass is 9.72. The number of rotatable bonds is 5. The Morgan fingerprint density at radius 1 is 1.09 bits per heavy atom.